The van der Waals surface area contributed by atoms with Crippen LogP contribution in [0.15, 0.2) is 52.0 Å². The lowest BCUT2D eigenvalue weighted by Gasteiger charge is -2.37. The van der Waals surface area contributed by atoms with Crippen molar-refractivity contribution in [2.75, 3.05) is 0 Å². The summed E-state index contributed by atoms with van der Waals surface area (Å²) in [4.78, 5) is 36.5. The number of amides is 2. The molecule has 156 valence electrons. The zero-order chi connectivity index (χ0) is 21.4. The molecule has 2 saturated carbocycles. The highest BCUT2D eigenvalue weighted by atomic mass is 16.6. The molecule has 8 nitrogen and oxygen atoms in total. The Morgan fingerprint density at radius 2 is 1.77 bits per heavy atom. The molecule has 2 heterocycles. The topological polar surface area (TPSA) is 106 Å². The molecule has 2 amide bonds. The summed E-state index contributed by atoms with van der Waals surface area (Å²) in [6.45, 7) is 1.84. The van der Waals surface area contributed by atoms with Gasteiger partial charge < -0.3 is 4.42 Å². The largest absolute Gasteiger partial charge is 0.455 e. The van der Waals surface area contributed by atoms with Crippen LogP contribution in [0.1, 0.15) is 17.7 Å². The highest BCUT2D eigenvalue weighted by Gasteiger charge is 2.67. The lowest BCUT2D eigenvalue weighted by molar-refractivity contribution is -0.384. The van der Waals surface area contributed by atoms with E-state index in [1.807, 2.05) is 6.92 Å². The second-order valence-corrected chi connectivity index (χ2v) is 8.85. The first-order valence-corrected chi connectivity index (χ1v) is 10.4. The number of hydrazone groups is 1. The Morgan fingerprint density at radius 3 is 2.42 bits per heavy atom. The first-order chi connectivity index (χ1) is 14.9. The van der Waals surface area contributed by atoms with Gasteiger partial charge in [-0.1, -0.05) is 18.2 Å². The van der Waals surface area contributed by atoms with Crippen LogP contribution in [-0.2, 0) is 9.59 Å². The number of aryl methyl sites for hydroxylation is 1. The van der Waals surface area contributed by atoms with Crippen molar-refractivity contribution in [1.82, 2.24) is 5.01 Å². The van der Waals surface area contributed by atoms with Crippen LogP contribution >= 0.6 is 0 Å². The number of nitrogens with zero attached hydrogens (tertiary/aromatic N) is 3. The van der Waals surface area contributed by atoms with Crippen molar-refractivity contribution < 1.29 is 18.9 Å². The fourth-order valence-corrected chi connectivity index (χ4v) is 5.73. The molecule has 0 spiro atoms. The normalized spacial score (nSPS) is 32.6. The minimum Gasteiger partial charge on any atom is -0.455 e. The number of rotatable bonds is 4. The van der Waals surface area contributed by atoms with Gasteiger partial charge in [-0.05, 0) is 54.7 Å². The Morgan fingerprint density at radius 1 is 1.10 bits per heavy atom. The first-order valence-electron chi connectivity index (χ1n) is 10.4. The van der Waals surface area contributed by atoms with Gasteiger partial charge in [0.15, 0.2) is 0 Å². The molecular weight excluding hydrogens is 398 g/mol. The number of non-ortho nitro benzene ring substituents is 1. The molecule has 0 unspecified atom stereocenters. The molecule has 2 aromatic rings. The van der Waals surface area contributed by atoms with E-state index in [0.29, 0.717) is 28.9 Å². The van der Waals surface area contributed by atoms with Crippen LogP contribution in [0.25, 0.3) is 11.3 Å². The fraction of sp³-hybridized carbons (Fsp3) is 0.348. The van der Waals surface area contributed by atoms with E-state index in [9.17, 15) is 19.7 Å². The SMILES string of the molecule is Cc1ccc([N+](=O)[O-])cc1-c1ccc(/C=N\N2C(=O)[C@H]3[C@@H]4C=C[C@H]([C@@H]5C[C@H]45)[C@@H]3C2=O)o1. The van der Waals surface area contributed by atoms with Gasteiger partial charge in [0, 0.05) is 17.7 Å². The van der Waals surface area contributed by atoms with Gasteiger partial charge in [-0.25, -0.2) is 0 Å². The molecule has 0 N–H and O–H groups in total. The quantitative estimate of drug-likeness (QED) is 0.249. The third-order valence-corrected chi connectivity index (χ3v) is 7.26. The molecular formula is C23H19N3O5. The Labute approximate surface area is 177 Å². The monoisotopic (exact) mass is 417 g/mol. The summed E-state index contributed by atoms with van der Waals surface area (Å²) < 4.78 is 5.78. The molecule has 0 radical (unpaired) electrons. The van der Waals surface area contributed by atoms with E-state index in [2.05, 4.69) is 17.3 Å². The number of carbonyl (C=O) groups is 2. The highest BCUT2D eigenvalue weighted by molar-refractivity contribution is 6.06. The lowest BCUT2D eigenvalue weighted by atomic mass is 9.63. The number of carbonyl (C=O) groups excluding carboxylic acids is 2. The Hall–Kier alpha value is -3.55. The van der Waals surface area contributed by atoms with Crippen LogP contribution in [0.5, 0.6) is 0 Å². The second kappa shape index (κ2) is 6.23. The molecule has 1 aromatic heterocycles. The minimum absolute atomic E-state index is 0.0237. The molecule has 6 atom stereocenters. The van der Waals surface area contributed by atoms with E-state index in [0.717, 1.165) is 17.0 Å². The summed E-state index contributed by atoms with van der Waals surface area (Å²) in [7, 11) is 0. The smallest absolute Gasteiger partial charge is 0.270 e. The molecule has 1 aromatic carbocycles. The number of imide groups is 1. The zero-order valence-electron chi connectivity index (χ0n) is 16.7. The Bertz CT molecular complexity index is 1180. The number of hydrogen-bond donors (Lipinski definition) is 0. The maximum absolute atomic E-state index is 13.0. The summed E-state index contributed by atoms with van der Waals surface area (Å²) in [5.41, 5.74) is 1.42. The van der Waals surface area contributed by atoms with E-state index >= 15 is 0 Å². The minimum atomic E-state index is -0.454. The Balaban J connectivity index is 1.25. The standard InChI is InChI=1S/C23H19N3O5/c1-11-2-3-12(26(29)30)8-16(11)19-7-4-13(31-19)10-24-25-22(27)20-14-5-6-15(18-9-17(14)18)21(20)23(25)28/h2-8,10,14-15,17-18,20-21H,9H2,1H3/b24-10-/t14-,15-,17-,18+,20+,21+/m1/s1. The summed E-state index contributed by atoms with van der Waals surface area (Å²) >= 11 is 0. The third-order valence-electron chi connectivity index (χ3n) is 7.26. The van der Waals surface area contributed by atoms with Gasteiger partial charge in [0.05, 0.1) is 23.0 Å². The van der Waals surface area contributed by atoms with Gasteiger partial charge in [0.1, 0.15) is 11.5 Å². The number of allylic oxidation sites excluding steroid dienone is 2. The van der Waals surface area contributed by atoms with Crippen LogP contribution < -0.4 is 0 Å². The number of furan rings is 1. The lowest BCUT2D eigenvalue weighted by Crippen LogP contribution is -2.40. The highest BCUT2D eigenvalue weighted by Crippen LogP contribution is 2.65. The van der Waals surface area contributed by atoms with Crippen molar-refractivity contribution in [2.45, 2.75) is 13.3 Å². The second-order valence-electron chi connectivity index (χ2n) is 8.85. The van der Waals surface area contributed by atoms with Gasteiger partial charge in [-0.3, -0.25) is 19.7 Å². The molecule has 1 aliphatic heterocycles. The number of nitro groups is 1. The maximum Gasteiger partial charge on any atom is 0.270 e. The van der Waals surface area contributed by atoms with Gasteiger partial charge in [0.2, 0.25) is 0 Å². The van der Waals surface area contributed by atoms with Crippen molar-refractivity contribution >= 4 is 23.7 Å². The van der Waals surface area contributed by atoms with E-state index in [4.69, 9.17) is 4.42 Å². The zero-order valence-corrected chi connectivity index (χ0v) is 16.7. The summed E-state index contributed by atoms with van der Waals surface area (Å²) in [5, 5.41) is 16.3. The van der Waals surface area contributed by atoms with Gasteiger partial charge >= 0.3 is 0 Å². The van der Waals surface area contributed by atoms with Crippen molar-refractivity contribution in [3.8, 4) is 11.3 Å². The number of benzene rings is 1. The van der Waals surface area contributed by atoms with Crippen molar-refractivity contribution in [3.05, 3.63) is 63.9 Å². The Kier molecular flexibility index (Phi) is 3.66. The predicted octanol–water partition coefficient (Wildman–Crippen LogP) is 3.55. The number of hydrogen-bond acceptors (Lipinski definition) is 6. The van der Waals surface area contributed by atoms with E-state index in [1.165, 1.54) is 18.3 Å². The third kappa shape index (κ3) is 2.57. The van der Waals surface area contributed by atoms with Crippen molar-refractivity contribution in [3.63, 3.8) is 0 Å². The molecule has 4 aliphatic carbocycles. The summed E-state index contributed by atoms with van der Waals surface area (Å²) in [6.07, 6.45) is 6.72. The predicted molar refractivity (Wildman–Crippen MR) is 110 cm³/mol. The molecule has 7 rings (SSSR count). The van der Waals surface area contributed by atoms with E-state index < -0.39 is 4.92 Å². The average Bonchev–Trinajstić information content (AvgIpc) is 3.40. The van der Waals surface area contributed by atoms with Crippen LogP contribution in [0.4, 0.5) is 5.69 Å². The molecule has 8 heteroatoms. The molecule has 2 bridgehead atoms. The van der Waals surface area contributed by atoms with Crippen LogP contribution in [0.2, 0.25) is 0 Å². The average molecular weight is 417 g/mol. The van der Waals surface area contributed by atoms with E-state index in [-0.39, 0.29) is 41.2 Å². The van der Waals surface area contributed by atoms with E-state index in [1.54, 1.807) is 18.2 Å². The van der Waals surface area contributed by atoms with Crippen molar-refractivity contribution in [2.24, 2.45) is 40.6 Å². The molecule has 3 fully saturated rings. The molecule has 1 saturated heterocycles. The molecule has 5 aliphatic rings. The van der Waals surface area contributed by atoms with Gasteiger partial charge in [-0.2, -0.15) is 10.1 Å². The van der Waals surface area contributed by atoms with Gasteiger partial charge in [0.25, 0.3) is 17.5 Å². The maximum atomic E-state index is 13.0. The van der Waals surface area contributed by atoms with Gasteiger partial charge in [-0.15, -0.1) is 0 Å². The van der Waals surface area contributed by atoms with Crippen LogP contribution in [0, 0.1) is 52.5 Å². The van der Waals surface area contributed by atoms with Crippen LogP contribution in [0.3, 0.4) is 0 Å². The summed E-state index contributed by atoms with van der Waals surface area (Å²) in [6, 6.07) is 7.93. The van der Waals surface area contributed by atoms with Crippen LogP contribution in [-0.4, -0.2) is 28.0 Å². The molecule has 31 heavy (non-hydrogen) atoms. The van der Waals surface area contributed by atoms with Crippen molar-refractivity contribution in [1.29, 1.82) is 0 Å². The first kappa shape index (κ1) is 18.2. The summed E-state index contributed by atoms with van der Waals surface area (Å²) in [5.74, 6) is 1.19. The fourth-order valence-electron chi connectivity index (χ4n) is 5.73. The number of nitro benzene ring substituents is 1.